The van der Waals surface area contributed by atoms with Crippen molar-refractivity contribution in [3.8, 4) is 0 Å². The summed E-state index contributed by atoms with van der Waals surface area (Å²) >= 11 is 1.55. The molecule has 2 fully saturated rings. The SMILES string of the molecule is Cc1nc(C2CC2)nc2sc(C(=O)N3CCCC3)c(C)c12. The highest BCUT2D eigenvalue weighted by molar-refractivity contribution is 7.20. The van der Waals surface area contributed by atoms with Gasteiger partial charge < -0.3 is 4.90 Å². The van der Waals surface area contributed by atoms with Crippen molar-refractivity contribution in [1.82, 2.24) is 14.9 Å². The first-order chi connectivity index (χ1) is 10.1. The lowest BCUT2D eigenvalue weighted by Gasteiger charge is -2.14. The monoisotopic (exact) mass is 301 g/mol. The van der Waals surface area contributed by atoms with Gasteiger partial charge in [0.2, 0.25) is 0 Å². The number of carbonyl (C=O) groups is 1. The van der Waals surface area contributed by atoms with Gasteiger partial charge in [-0.25, -0.2) is 9.97 Å². The topological polar surface area (TPSA) is 46.1 Å². The van der Waals surface area contributed by atoms with Gasteiger partial charge in [-0.05, 0) is 45.1 Å². The molecule has 0 atom stereocenters. The van der Waals surface area contributed by atoms with Crippen LogP contribution in [0.2, 0.25) is 0 Å². The fourth-order valence-electron chi connectivity index (χ4n) is 3.15. The number of rotatable bonds is 2. The Kier molecular flexibility index (Phi) is 2.99. The van der Waals surface area contributed by atoms with Gasteiger partial charge >= 0.3 is 0 Å². The number of aryl methyl sites for hydroxylation is 2. The molecule has 1 saturated heterocycles. The van der Waals surface area contributed by atoms with E-state index in [1.807, 2.05) is 18.7 Å². The Morgan fingerprint density at radius 1 is 1.19 bits per heavy atom. The van der Waals surface area contributed by atoms with Crippen molar-refractivity contribution in [1.29, 1.82) is 0 Å². The van der Waals surface area contributed by atoms with Crippen LogP contribution in [0.4, 0.5) is 0 Å². The fourth-order valence-corrected chi connectivity index (χ4v) is 4.36. The molecule has 21 heavy (non-hydrogen) atoms. The van der Waals surface area contributed by atoms with E-state index in [1.54, 1.807) is 11.3 Å². The molecule has 1 saturated carbocycles. The van der Waals surface area contributed by atoms with Crippen LogP contribution in [0.15, 0.2) is 0 Å². The van der Waals surface area contributed by atoms with E-state index in [-0.39, 0.29) is 5.91 Å². The van der Waals surface area contributed by atoms with Gasteiger partial charge in [0.15, 0.2) is 0 Å². The van der Waals surface area contributed by atoms with E-state index >= 15 is 0 Å². The number of hydrogen-bond acceptors (Lipinski definition) is 4. The summed E-state index contributed by atoms with van der Waals surface area (Å²) in [6.07, 6.45) is 4.66. The highest BCUT2D eigenvalue weighted by Crippen LogP contribution is 2.40. The molecule has 2 aromatic heterocycles. The molecule has 2 aliphatic rings. The van der Waals surface area contributed by atoms with Crippen molar-refractivity contribution in [2.75, 3.05) is 13.1 Å². The minimum absolute atomic E-state index is 0.181. The van der Waals surface area contributed by atoms with Crippen molar-refractivity contribution < 1.29 is 4.79 Å². The average molecular weight is 301 g/mol. The molecule has 110 valence electrons. The van der Waals surface area contributed by atoms with E-state index in [0.717, 1.165) is 58.1 Å². The second kappa shape index (κ2) is 4.77. The normalized spacial score (nSPS) is 18.7. The van der Waals surface area contributed by atoms with E-state index in [1.165, 1.54) is 12.8 Å². The lowest BCUT2D eigenvalue weighted by molar-refractivity contribution is 0.0797. The summed E-state index contributed by atoms with van der Waals surface area (Å²) in [5.41, 5.74) is 2.09. The van der Waals surface area contributed by atoms with Crippen LogP contribution in [0.25, 0.3) is 10.2 Å². The summed E-state index contributed by atoms with van der Waals surface area (Å²) in [6, 6.07) is 0. The van der Waals surface area contributed by atoms with Gasteiger partial charge in [-0.2, -0.15) is 0 Å². The minimum atomic E-state index is 0.181. The molecule has 0 radical (unpaired) electrons. The number of nitrogens with zero attached hydrogens (tertiary/aromatic N) is 3. The number of amides is 1. The standard InChI is InChI=1S/C16H19N3OS/c1-9-12-10(2)17-14(11-5-6-11)18-15(12)21-13(9)16(20)19-7-3-4-8-19/h11H,3-8H2,1-2H3. The third-order valence-electron chi connectivity index (χ3n) is 4.52. The molecule has 2 aromatic rings. The van der Waals surface area contributed by atoms with Gasteiger partial charge in [0.1, 0.15) is 10.7 Å². The Hall–Kier alpha value is -1.49. The van der Waals surface area contributed by atoms with E-state index in [0.29, 0.717) is 5.92 Å². The van der Waals surface area contributed by atoms with Gasteiger partial charge in [0.25, 0.3) is 5.91 Å². The van der Waals surface area contributed by atoms with Crippen LogP contribution >= 0.6 is 11.3 Å². The summed E-state index contributed by atoms with van der Waals surface area (Å²) in [6.45, 7) is 5.87. The molecule has 1 aliphatic carbocycles. The summed E-state index contributed by atoms with van der Waals surface area (Å²) in [5, 5.41) is 1.09. The molecule has 0 bridgehead atoms. The average Bonchev–Trinajstić information content (AvgIpc) is 3.06. The fraction of sp³-hybridized carbons (Fsp3) is 0.562. The van der Waals surface area contributed by atoms with Gasteiger partial charge in [-0.3, -0.25) is 4.79 Å². The van der Waals surface area contributed by atoms with Crippen LogP contribution in [0.3, 0.4) is 0 Å². The van der Waals surface area contributed by atoms with Crippen molar-refractivity contribution in [2.45, 2.75) is 45.4 Å². The van der Waals surface area contributed by atoms with E-state index in [9.17, 15) is 4.79 Å². The molecule has 3 heterocycles. The molecular weight excluding hydrogens is 282 g/mol. The van der Waals surface area contributed by atoms with Gasteiger partial charge in [0, 0.05) is 24.4 Å². The predicted molar refractivity (Wildman–Crippen MR) is 84.0 cm³/mol. The van der Waals surface area contributed by atoms with Gasteiger partial charge in [-0.15, -0.1) is 11.3 Å². The molecule has 0 aromatic carbocycles. The molecule has 0 unspecified atom stereocenters. The molecule has 0 spiro atoms. The highest BCUT2D eigenvalue weighted by Gasteiger charge is 2.29. The smallest absolute Gasteiger partial charge is 0.264 e. The third kappa shape index (κ3) is 2.14. The van der Waals surface area contributed by atoms with E-state index < -0.39 is 0 Å². The number of aromatic nitrogens is 2. The predicted octanol–water partition coefficient (Wildman–Crippen LogP) is 3.42. The molecule has 4 nitrogen and oxygen atoms in total. The zero-order valence-electron chi connectivity index (χ0n) is 12.5. The maximum atomic E-state index is 12.7. The lowest BCUT2D eigenvalue weighted by atomic mass is 10.1. The zero-order chi connectivity index (χ0) is 14.6. The highest BCUT2D eigenvalue weighted by atomic mass is 32.1. The van der Waals surface area contributed by atoms with Crippen LogP contribution in [-0.4, -0.2) is 33.9 Å². The Morgan fingerprint density at radius 2 is 1.90 bits per heavy atom. The summed E-state index contributed by atoms with van der Waals surface area (Å²) in [7, 11) is 0. The second-order valence-corrected chi connectivity index (χ2v) is 7.18. The van der Waals surface area contributed by atoms with Crippen LogP contribution in [0, 0.1) is 13.8 Å². The maximum absolute atomic E-state index is 12.7. The van der Waals surface area contributed by atoms with Crippen LogP contribution in [0.5, 0.6) is 0 Å². The molecule has 4 rings (SSSR count). The van der Waals surface area contributed by atoms with Gasteiger partial charge in [-0.1, -0.05) is 0 Å². The summed E-state index contributed by atoms with van der Waals surface area (Å²) in [4.78, 5) is 25.9. The Morgan fingerprint density at radius 3 is 2.57 bits per heavy atom. The van der Waals surface area contributed by atoms with Crippen molar-refractivity contribution in [3.63, 3.8) is 0 Å². The Labute approximate surface area is 128 Å². The van der Waals surface area contributed by atoms with E-state index in [2.05, 4.69) is 4.98 Å². The number of thiophene rings is 1. The number of carbonyl (C=O) groups excluding carboxylic acids is 1. The Balaban J connectivity index is 1.81. The third-order valence-corrected chi connectivity index (χ3v) is 5.69. The number of hydrogen-bond donors (Lipinski definition) is 0. The minimum Gasteiger partial charge on any atom is -0.338 e. The van der Waals surface area contributed by atoms with Crippen molar-refractivity contribution in [2.24, 2.45) is 0 Å². The van der Waals surface area contributed by atoms with Crippen molar-refractivity contribution in [3.05, 3.63) is 22.0 Å². The Bertz CT molecular complexity index is 727. The number of fused-ring (bicyclic) bond motifs is 1. The lowest BCUT2D eigenvalue weighted by Crippen LogP contribution is -2.27. The number of likely N-dealkylation sites (tertiary alicyclic amines) is 1. The molecule has 5 heteroatoms. The van der Waals surface area contributed by atoms with Crippen LogP contribution < -0.4 is 0 Å². The summed E-state index contributed by atoms with van der Waals surface area (Å²) in [5.74, 6) is 1.70. The van der Waals surface area contributed by atoms with Crippen LogP contribution in [-0.2, 0) is 0 Å². The first-order valence-corrected chi connectivity index (χ1v) is 8.53. The zero-order valence-corrected chi connectivity index (χ0v) is 13.3. The quantitative estimate of drug-likeness (QED) is 0.854. The van der Waals surface area contributed by atoms with Crippen LogP contribution in [0.1, 0.15) is 58.4 Å². The second-order valence-electron chi connectivity index (χ2n) is 6.18. The molecule has 1 aliphatic heterocycles. The van der Waals surface area contributed by atoms with Gasteiger partial charge in [0.05, 0.1) is 10.6 Å². The first-order valence-electron chi connectivity index (χ1n) is 7.72. The molecule has 0 N–H and O–H groups in total. The summed E-state index contributed by atoms with van der Waals surface area (Å²) < 4.78 is 0. The maximum Gasteiger partial charge on any atom is 0.264 e. The first kappa shape index (κ1) is 13.2. The van der Waals surface area contributed by atoms with E-state index in [4.69, 9.17) is 4.98 Å². The molecular formula is C16H19N3OS. The molecule has 1 amide bonds. The largest absolute Gasteiger partial charge is 0.338 e. The van der Waals surface area contributed by atoms with Crippen molar-refractivity contribution >= 4 is 27.5 Å².